The predicted octanol–water partition coefficient (Wildman–Crippen LogP) is 2.29. The molecule has 0 spiro atoms. The topological polar surface area (TPSA) is 32.7 Å². The molecule has 0 aliphatic rings. The molecular weight excluding hydrogens is 202 g/mol. The first-order chi connectivity index (χ1) is 7.74. The molecule has 0 radical (unpaired) electrons. The lowest BCUT2D eigenvalue weighted by atomic mass is 10.3. The molecular formula is C13H29NO2. The third-order valence-electron chi connectivity index (χ3n) is 2.50. The lowest BCUT2D eigenvalue weighted by Crippen LogP contribution is -2.36. The quantitative estimate of drug-likeness (QED) is 0.554. The van der Waals surface area contributed by atoms with Gasteiger partial charge in [0.25, 0.3) is 0 Å². The van der Waals surface area contributed by atoms with Crippen molar-refractivity contribution < 1.29 is 9.84 Å². The van der Waals surface area contributed by atoms with Gasteiger partial charge in [0.15, 0.2) is 0 Å². The maximum Gasteiger partial charge on any atom is 0.0900 e. The Balaban J connectivity index is 3.59. The summed E-state index contributed by atoms with van der Waals surface area (Å²) in [7, 11) is 0. The minimum atomic E-state index is -0.338. The fourth-order valence-electron chi connectivity index (χ4n) is 1.74. The second-order valence-electron chi connectivity index (χ2n) is 4.38. The molecule has 0 fully saturated rings. The van der Waals surface area contributed by atoms with Gasteiger partial charge in [-0.3, -0.25) is 0 Å². The van der Waals surface area contributed by atoms with Gasteiger partial charge in [0.05, 0.1) is 12.7 Å². The fourth-order valence-corrected chi connectivity index (χ4v) is 1.74. The summed E-state index contributed by atoms with van der Waals surface area (Å²) >= 11 is 0. The third-order valence-corrected chi connectivity index (χ3v) is 2.50. The molecule has 1 unspecified atom stereocenters. The number of hydrogen-bond donors (Lipinski definition) is 1. The average Bonchev–Trinajstić information content (AvgIpc) is 2.25. The Morgan fingerprint density at radius 3 is 2.19 bits per heavy atom. The lowest BCUT2D eigenvalue weighted by Gasteiger charge is -2.23. The van der Waals surface area contributed by atoms with E-state index >= 15 is 0 Å². The smallest absolute Gasteiger partial charge is 0.0900 e. The van der Waals surface area contributed by atoms with Crippen LogP contribution < -0.4 is 0 Å². The normalized spacial score (nSPS) is 13.3. The summed E-state index contributed by atoms with van der Waals surface area (Å²) in [6, 6.07) is 0. The highest BCUT2D eigenvalue weighted by molar-refractivity contribution is 4.63. The molecule has 16 heavy (non-hydrogen) atoms. The standard InChI is InChI=1S/C13H29NO2/c1-4-7-10-16-12-13(15)11-14(8-5-2)9-6-3/h13,15H,4-12H2,1-3H3. The molecule has 0 saturated heterocycles. The second kappa shape index (κ2) is 11.4. The molecule has 98 valence electrons. The highest BCUT2D eigenvalue weighted by Gasteiger charge is 2.10. The summed E-state index contributed by atoms with van der Waals surface area (Å²) in [6.45, 7) is 10.6. The maximum absolute atomic E-state index is 9.81. The van der Waals surface area contributed by atoms with Crippen LogP contribution >= 0.6 is 0 Å². The Morgan fingerprint density at radius 1 is 1.06 bits per heavy atom. The summed E-state index contributed by atoms with van der Waals surface area (Å²) in [5, 5.41) is 9.81. The summed E-state index contributed by atoms with van der Waals surface area (Å²) < 4.78 is 5.42. The Bertz CT molecular complexity index is 136. The van der Waals surface area contributed by atoms with Crippen molar-refractivity contribution in [2.45, 2.75) is 52.6 Å². The molecule has 0 aliphatic carbocycles. The van der Waals surface area contributed by atoms with Gasteiger partial charge in [-0.15, -0.1) is 0 Å². The van der Waals surface area contributed by atoms with Crippen LogP contribution in [0, 0.1) is 0 Å². The van der Waals surface area contributed by atoms with E-state index in [9.17, 15) is 5.11 Å². The van der Waals surface area contributed by atoms with E-state index in [-0.39, 0.29) is 6.10 Å². The van der Waals surface area contributed by atoms with Crippen molar-refractivity contribution in [2.24, 2.45) is 0 Å². The van der Waals surface area contributed by atoms with Crippen molar-refractivity contribution >= 4 is 0 Å². The SMILES string of the molecule is CCCCOCC(O)CN(CCC)CCC. The molecule has 0 bridgehead atoms. The third kappa shape index (κ3) is 9.13. The molecule has 0 aromatic carbocycles. The van der Waals surface area contributed by atoms with Gasteiger partial charge < -0.3 is 14.7 Å². The first-order valence-corrected chi connectivity index (χ1v) is 6.72. The van der Waals surface area contributed by atoms with Gasteiger partial charge in [0, 0.05) is 13.2 Å². The highest BCUT2D eigenvalue weighted by atomic mass is 16.5. The molecule has 1 atom stereocenters. The first-order valence-electron chi connectivity index (χ1n) is 6.72. The van der Waals surface area contributed by atoms with Gasteiger partial charge in [-0.1, -0.05) is 27.2 Å². The van der Waals surface area contributed by atoms with E-state index in [1.807, 2.05) is 0 Å². The maximum atomic E-state index is 9.81. The average molecular weight is 231 g/mol. The van der Waals surface area contributed by atoms with E-state index in [1.54, 1.807) is 0 Å². The van der Waals surface area contributed by atoms with Crippen LogP contribution in [-0.2, 0) is 4.74 Å². The van der Waals surface area contributed by atoms with Gasteiger partial charge in [-0.05, 0) is 32.4 Å². The van der Waals surface area contributed by atoms with Crippen molar-refractivity contribution in [3.8, 4) is 0 Å². The van der Waals surface area contributed by atoms with Crippen LogP contribution in [0.5, 0.6) is 0 Å². The molecule has 0 aliphatic heterocycles. The molecule has 0 rings (SSSR count). The lowest BCUT2D eigenvalue weighted by molar-refractivity contribution is 0.0158. The number of nitrogens with zero attached hydrogens (tertiary/aromatic N) is 1. The van der Waals surface area contributed by atoms with Crippen LogP contribution in [-0.4, -0.2) is 49.0 Å². The fraction of sp³-hybridized carbons (Fsp3) is 1.00. The molecule has 0 amide bonds. The summed E-state index contributed by atoms with van der Waals surface area (Å²) in [6.07, 6.45) is 4.18. The number of aliphatic hydroxyl groups is 1. The zero-order valence-electron chi connectivity index (χ0n) is 11.2. The van der Waals surface area contributed by atoms with Crippen LogP contribution in [0.25, 0.3) is 0 Å². The summed E-state index contributed by atoms with van der Waals surface area (Å²) in [5.41, 5.74) is 0. The largest absolute Gasteiger partial charge is 0.389 e. The Kier molecular flexibility index (Phi) is 11.3. The highest BCUT2D eigenvalue weighted by Crippen LogP contribution is 1.98. The van der Waals surface area contributed by atoms with Crippen LogP contribution in [0.3, 0.4) is 0 Å². The van der Waals surface area contributed by atoms with Crippen molar-refractivity contribution in [2.75, 3.05) is 32.8 Å². The van der Waals surface area contributed by atoms with E-state index in [1.165, 1.54) is 0 Å². The van der Waals surface area contributed by atoms with E-state index in [4.69, 9.17) is 4.74 Å². The van der Waals surface area contributed by atoms with Crippen molar-refractivity contribution in [1.29, 1.82) is 0 Å². The summed E-state index contributed by atoms with van der Waals surface area (Å²) in [4.78, 5) is 2.31. The van der Waals surface area contributed by atoms with Gasteiger partial charge in [0.1, 0.15) is 0 Å². The first kappa shape index (κ1) is 15.9. The predicted molar refractivity (Wildman–Crippen MR) is 68.8 cm³/mol. The van der Waals surface area contributed by atoms with E-state index < -0.39 is 0 Å². The van der Waals surface area contributed by atoms with Crippen molar-refractivity contribution in [1.82, 2.24) is 4.90 Å². The molecule has 0 saturated carbocycles. The molecule has 1 N–H and O–H groups in total. The van der Waals surface area contributed by atoms with Crippen LogP contribution in [0.1, 0.15) is 46.5 Å². The Morgan fingerprint density at radius 2 is 1.69 bits per heavy atom. The number of hydrogen-bond acceptors (Lipinski definition) is 3. The van der Waals surface area contributed by atoms with Crippen molar-refractivity contribution in [3.63, 3.8) is 0 Å². The molecule has 0 aromatic heterocycles. The van der Waals surface area contributed by atoms with Gasteiger partial charge in [-0.25, -0.2) is 0 Å². The van der Waals surface area contributed by atoms with Crippen molar-refractivity contribution in [3.05, 3.63) is 0 Å². The van der Waals surface area contributed by atoms with Gasteiger partial charge in [0.2, 0.25) is 0 Å². The number of unbranched alkanes of at least 4 members (excludes halogenated alkanes) is 1. The second-order valence-corrected chi connectivity index (χ2v) is 4.38. The van der Waals surface area contributed by atoms with Crippen LogP contribution in [0.4, 0.5) is 0 Å². The van der Waals surface area contributed by atoms with Gasteiger partial charge in [-0.2, -0.15) is 0 Å². The van der Waals surface area contributed by atoms with Crippen LogP contribution in [0.2, 0.25) is 0 Å². The van der Waals surface area contributed by atoms with Crippen LogP contribution in [0.15, 0.2) is 0 Å². The van der Waals surface area contributed by atoms with E-state index in [0.717, 1.165) is 51.9 Å². The number of ether oxygens (including phenoxy) is 1. The monoisotopic (exact) mass is 231 g/mol. The Hall–Kier alpha value is -0.120. The Labute approximate surface area is 101 Å². The number of aliphatic hydroxyl groups excluding tert-OH is 1. The molecule has 3 nitrogen and oxygen atoms in total. The van der Waals surface area contributed by atoms with Gasteiger partial charge >= 0.3 is 0 Å². The minimum Gasteiger partial charge on any atom is -0.389 e. The van der Waals surface area contributed by atoms with E-state index in [2.05, 4.69) is 25.7 Å². The summed E-state index contributed by atoms with van der Waals surface area (Å²) in [5.74, 6) is 0. The number of rotatable bonds is 11. The zero-order chi connectivity index (χ0) is 12.2. The molecule has 0 heterocycles. The zero-order valence-corrected chi connectivity index (χ0v) is 11.2. The molecule has 3 heteroatoms. The molecule has 0 aromatic rings. The van der Waals surface area contributed by atoms with E-state index in [0.29, 0.717) is 6.61 Å². The minimum absolute atomic E-state index is 0.338.